The fraction of sp³-hybridized carbons (Fsp3) is 0.235. The van der Waals surface area contributed by atoms with Crippen LogP contribution in [0.1, 0.15) is 17.5 Å². The van der Waals surface area contributed by atoms with Gasteiger partial charge in [0.15, 0.2) is 0 Å². The van der Waals surface area contributed by atoms with E-state index in [4.69, 9.17) is 14.7 Å². The van der Waals surface area contributed by atoms with Crippen LogP contribution in [0.15, 0.2) is 46.9 Å². The van der Waals surface area contributed by atoms with Crippen LogP contribution < -0.4 is 9.47 Å². The average Bonchev–Trinajstić information content (AvgIpc) is 2.49. The number of ether oxygens (including phenoxy) is 2. The van der Waals surface area contributed by atoms with Crippen LogP contribution in [-0.4, -0.2) is 13.2 Å². The first kappa shape index (κ1) is 15.4. The smallest absolute Gasteiger partial charge is 0.122 e. The Morgan fingerprint density at radius 3 is 2.43 bits per heavy atom. The van der Waals surface area contributed by atoms with Crippen LogP contribution in [0.4, 0.5) is 0 Å². The van der Waals surface area contributed by atoms with Gasteiger partial charge in [-0.2, -0.15) is 5.26 Å². The van der Waals surface area contributed by atoms with Crippen molar-refractivity contribution >= 4 is 15.9 Å². The molecule has 108 valence electrons. The van der Waals surface area contributed by atoms with E-state index in [2.05, 4.69) is 22.0 Å². The first-order valence-corrected chi connectivity index (χ1v) is 7.50. The lowest BCUT2D eigenvalue weighted by molar-refractivity contribution is 0.246. The first-order valence-electron chi connectivity index (χ1n) is 6.71. The maximum absolute atomic E-state index is 8.71. The molecule has 4 heteroatoms. The minimum absolute atomic E-state index is 0.585. The maximum Gasteiger partial charge on any atom is 0.122 e. The van der Waals surface area contributed by atoms with Gasteiger partial charge in [0.25, 0.3) is 0 Å². The Morgan fingerprint density at radius 1 is 1.05 bits per heavy atom. The predicted octanol–water partition coefficient (Wildman–Crippen LogP) is 4.48. The molecule has 21 heavy (non-hydrogen) atoms. The standard InChI is InChI=1S/C17H16BrNO2/c1-13-11-15(18)5-8-17(13)21-10-2-9-20-16-6-3-14(12-19)4-7-16/h3-8,11H,2,9-10H2,1H3. The van der Waals surface area contributed by atoms with Crippen molar-refractivity contribution in [2.75, 3.05) is 13.2 Å². The summed E-state index contributed by atoms with van der Waals surface area (Å²) in [5, 5.41) is 8.71. The molecule has 0 saturated heterocycles. The second-order valence-electron chi connectivity index (χ2n) is 4.60. The second-order valence-corrected chi connectivity index (χ2v) is 5.51. The number of nitrogens with zero attached hydrogens (tertiary/aromatic N) is 1. The van der Waals surface area contributed by atoms with E-state index < -0.39 is 0 Å². The fourth-order valence-electron chi connectivity index (χ4n) is 1.83. The highest BCUT2D eigenvalue weighted by molar-refractivity contribution is 9.10. The molecule has 0 radical (unpaired) electrons. The third-order valence-corrected chi connectivity index (χ3v) is 3.43. The van der Waals surface area contributed by atoms with Crippen molar-refractivity contribution in [3.8, 4) is 17.6 Å². The lowest BCUT2D eigenvalue weighted by atomic mass is 10.2. The summed E-state index contributed by atoms with van der Waals surface area (Å²) in [7, 11) is 0. The number of nitriles is 1. The van der Waals surface area contributed by atoms with Crippen molar-refractivity contribution in [1.29, 1.82) is 5.26 Å². The van der Waals surface area contributed by atoms with Gasteiger partial charge in [0.1, 0.15) is 11.5 Å². The maximum atomic E-state index is 8.71. The Balaban J connectivity index is 1.71. The van der Waals surface area contributed by atoms with Crippen molar-refractivity contribution in [3.63, 3.8) is 0 Å². The Morgan fingerprint density at radius 2 is 1.76 bits per heavy atom. The summed E-state index contributed by atoms with van der Waals surface area (Å²) >= 11 is 3.43. The van der Waals surface area contributed by atoms with Gasteiger partial charge in [-0.15, -0.1) is 0 Å². The first-order chi connectivity index (χ1) is 10.2. The van der Waals surface area contributed by atoms with E-state index in [-0.39, 0.29) is 0 Å². The molecule has 0 aliphatic rings. The van der Waals surface area contributed by atoms with Gasteiger partial charge >= 0.3 is 0 Å². The summed E-state index contributed by atoms with van der Waals surface area (Å²) in [5.41, 5.74) is 1.74. The van der Waals surface area contributed by atoms with Crippen LogP contribution in [0, 0.1) is 18.3 Å². The molecule has 0 fully saturated rings. The van der Waals surface area contributed by atoms with E-state index in [1.807, 2.05) is 25.1 Å². The normalized spacial score (nSPS) is 9.95. The molecular formula is C17H16BrNO2. The third kappa shape index (κ3) is 4.80. The number of hydrogen-bond acceptors (Lipinski definition) is 3. The molecule has 0 spiro atoms. The Hall–Kier alpha value is -1.99. The van der Waals surface area contributed by atoms with Gasteiger partial charge in [-0.3, -0.25) is 0 Å². The monoisotopic (exact) mass is 345 g/mol. The molecule has 0 saturated carbocycles. The lowest BCUT2D eigenvalue weighted by Gasteiger charge is -2.10. The molecule has 0 amide bonds. The molecule has 0 heterocycles. The summed E-state index contributed by atoms with van der Waals surface area (Å²) in [4.78, 5) is 0. The van der Waals surface area contributed by atoms with Gasteiger partial charge in [0, 0.05) is 10.9 Å². The summed E-state index contributed by atoms with van der Waals surface area (Å²) in [6.45, 7) is 3.22. The van der Waals surface area contributed by atoms with E-state index in [1.54, 1.807) is 24.3 Å². The van der Waals surface area contributed by atoms with Gasteiger partial charge in [0.2, 0.25) is 0 Å². The minimum Gasteiger partial charge on any atom is -0.493 e. The molecule has 0 N–H and O–H groups in total. The SMILES string of the molecule is Cc1cc(Br)ccc1OCCCOc1ccc(C#N)cc1. The molecule has 2 aromatic carbocycles. The van der Waals surface area contributed by atoms with Crippen molar-refractivity contribution < 1.29 is 9.47 Å². The molecule has 0 aliphatic heterocycles. The zero-order chi connectivity index (χ0) is 15.1. The lowest BCUT2D eigenvalue weighted by Crippen LogP contribution is -2.05. The highest BCUT2D eigenvalue weighted by atomic mass is 79.9. The van der Waals surface area contributed by atoms with Crippen LogP contribution in [0.25, 0.3) is 0 Å². The minimum atomic E-state index is 0.585. The van der Waals surface area contributed by atoms with E-state index in [9.17, 15) is 0 Å². The molecule has 0 unspecified atom stereocenters. The Kier molecular flexibility index (Phi) is 5.65. The third-order valence-electron chi connectivity index (χ3n) is 2.94. The Labute approximate surface area is 133 Å². The summed E-state index contributed by atoms with van der Waals surface area (Å²) in [5.74, 6) is 1.67. The number of benzene rings is 2. The topological polar surface area (TPSA) is 42.2 Å². The van der Waals surface area contributed by atoms with Crippen LogP contribution in [0.3, 0.4) is 0 Å². The molecule has 2 aromatic rings. The largest absolute Gasteiger partial charge is 0.493 e. The van der Waals surface area contributed by atoms with Gasteiger partial charge in [-0.1, -0.05) is 15.9 Å². The van der Waals surface area contributed by atoms with Gasteiger partial charge in [0.05, 0.1) is 24.8 Å². The second kappa shape index (κ2) is 7.70. The zero-order valence-corrected chi connectivity index (χ0v) is 13.4. The summed E-state index contributed by atoms with van der Waals surface area (Å²) < 4.78 is 12.4. The highest BCUT2D eigenvalue weighted by Crippen LogP contribution is 2.22. The predicted molar refractivity (Wildman–Crippen MR) is 85.6 cm³/mol. The Bertz CT molecular complexity index is 632. The van der Waals surface area contributed by atoms with Gasteiger partial charge < -0.3 is 9.47 Å². The van der Waals surface area contributed by atoms with Crippen molar-refractivity contribution in [1.82, 2.24) is 0 Å². The molecular weight excluding hydrogens is 330 g/mol. The fourth-order valence-corrected chi connectivity index (χ4v) is 2.31. The van der Waals surface area contributed by atoms with Crippen LogP contribution in [0.2, 0.25) is 0 Å². The molecule has 0 bridgehead atoms. The van der Waals surface area contributed by atoms with E-state index in [0.29, 0.717) is 18.8 Å². The van der Waals surface area contributed by atoms with E-state index in [0.717, 1.165) is 28.0 Å². The molecule has 0 atom stereocenters. The van der Waals surface area contributed by atoms with Gasteiger partial charge in [-0.05, 0) is 55.0 Å². The van der Waals surface area contributed by atoms with Crippen LogP contribution >= 0.6 is 15.9 Å². The van der Waals surface area contributed by atoms with E-state index >= 15 is 0 Å². The number of halogens is 1. The number of hydrogen-bond donors (Lipinski definition) is 0. The van der Waals surface area contributed by atoms with Crippen molar-refractivity contribution in [2.45, 2.75) is 13.3 Å². The average molecular weight is 346 g/mol. The molecule has 2 rings (SSSR count). The summed E-state index contributed by atoms with van der Waals surface area (Å²) in [6, 6.07) is 15.1. The van der Waals surface area contributed by atoms with E-state index in [1.165, 1.54) is 0 Å². The molecule has 0 aromatic heterocycles. The number of aryl methyl sites for hydroxylation is 1. The van der Waals surface area contributed by atoms with Crippen molar-refractivity contribution in [2.24, 2.45) is 0 Å². The van der Waals surface area contributed by atoms with Crippen molar-refractivity contribution in [3.05, 3.63) is 58.1 Å². The van der Waals surface area contributed by atoms with Crippen LogP contribution in [-0.2, 0) is 0 Å². The number of rotatable bonds is 6. The molecule has 0 aliphatic carbocycles. The molecule has 3 nitrogen and oxygen atoms in total. The quantitative estimate of drug-likeness (QED) is 0.725. The van der Waals surface area contributed by atoms with Crippen LogP contribution in [0.5, 0.6) is 11.5 Å². The van der Waals surface area contributed by atoms with Gasteiger partial charge in [-0.25, -0.2) is 0 Å². The summed E-state index contributed by atoms with van der Waals surface area (Å²) in [6.07, 6.45) is 0.801. The zero-order valence-electron chi connectivity index (χ0n) is 11.8. The highest BCUT2D eigenvalue weighted by Gasteiger charge is 2.00.